The number of hydrogen-bond donors (Lipinski definition) is 1. The molecule has 5 nitrogen and oxygen atoms in total. The standard InChI is InChI=1S/C12H12BrClFN3O2/c13-7-5-9-10(6-8(7)15)18(3-4-20-12(16)19)11(17-9)1-2-14/h5-6H,1-4H2,(H2,16,19). The summed E-state index contributed by atoms with van der Waals surface area (Å²) >= 11 is 8.87. The second-order valence-corrected chi connectivity index (χ2v) is 5.27. The molecule has 1 heterocycles. The van der Waals surface area contributed by atoms with Crippen molar-refractivity contribution in [1.29, 1.82) is 0 Å². The lowest BCUT2D eigenvalue weighted by molar-refractivity contribution is 0.152. The number of benzene rings is 1. The molecule has 2 aromatic rings. The van der Waals surface area contributed by atoms with Crippen molar-refractivity contribution in [3.05, 3.63) is 28.2 Å². The molecule has 0 fully saturated rings. The fraction of sp³-hybridized carbons (Fsp3) is 0.333. The van der Waals surface area contributed by atoms with E-state index in [0.717, 1.165) is 0 Å². The van der Waals surface area contributed by atoms with Crippen LogP contribution in [-0.2, 0) is 17.7 Å². The van der Waals surface area contributed by atoms with E-state index in [0.29, 0.717) is 40.2 Å². The monoisotopic (exact) mass is 363 g/mol. The number of alkyl halides is 1. The fourth-order valence-corrected chi connectivity index (χ4v) is 2.43. The minimum absolute atomic E-state index is 0.0910. The Balaban J connectivity index is 2.39. The van der Waals surface area contributed by atoms with Gasteiger partial charge in [-0.2, -0.15) is 0 Å². The maximum Gasteiger partial charge on any atom is 0.404 e. The lowest BCUT2D eigenvalue weighted by Crippen LogP contribution is -2.17. The van der Waals surface area contributed by atoms with Crippen LogP contribution in [0.1, 0.15) is 5.82 Å². The third-order valence-corrected chi connectivity index (χ3v) is 3.54. The second-order valence-electron chi connectivity index (χ2n) is 4.04. The van der Waals surface area contributed by atoms with Crippen molar-refractivity contribution in [3.8, 4) is 0 Å². The van der Waals surface area contributed by atoms with E-state index in [1.54, 1.807) is 10.6 Å². The molecule has 1 amide bonds. The first-order valence-electron chi connectivity index (χ1n) is 5.85. The van der Waals surface area contributed by atoms with E-state index in [1.807, 2.05) is 0 Å². The number of carbonyl (C=O) groups excluding carboxylic acids is 1. The van der Waals surface area contributed by atoms with Crippen molar-refractivity contribution in [2.24, 2.45) is 5.73 Å². The maximum atomic E-state index is 13.7. The van der Waals surface area contributed by atoms with Gasteiger partial charge in [-0.05, 0) is 22.0 Å². The van der Waals surface area contributed by atoms with Gasteiger partial charge in [-0.25, -0.2) is 14.2 Å². The Morgan fingerprint density at radius 1 is 1.55 bits per heavy atom. The number of hydrogen-bond acceptors (Lipinski definition) is 3. The Morgan fingerprint density at radius 2 is 2.30 bits per heavy atom. The number of amides is 1. The van der Waals surface area contributed by atoms with Crippen LogP contribution in [0.15, 0.2) is 16.6 Å². The molecular formula is C12H12BrClFN3O2. The SMILES string of the molecule is NC(=O)OCCn1c(CCCl)nc2cc(Br)c(F)cc21. The van der Waals surface area contributed by atoms with Crippen LogP contribution in [-0.4, -0.2) is 28.1 Å². The topological polar surface area (TPSA) is 70.1 Å². The Morgan fingerprint density at radius 3 is 2.95 bits per heavy atom. The maximum absolute atomic E-state index is 13.7. The summed E-state index contributed by atoms with van der Waals surface area (Å²) in [6.07, 6.45) is -0.311. The third-order valence-electron chi connectivity index (χ3n) is 2.75. The number of imidazole rings is 1. The van der Waals surface area contributed by atoms with E-state index in [-0.39, 0.29) is 12.4 Å². The van der Waals surface area contributed by atoms with Crippen molar-refractivity contribution in [3.63, 3.8) is 0 Å². The molecular weight excluding hydrogens is 353 g/mol. The van der Waals surface area contributed by atoms with Crippen LogP contribution < -0.4 is 5.73 Å². The van der Waals surface area contributed by atoms with E-state index < -0.39 is 6.09 Å². The summed E-state index contributed by atoms with van der Waals surface area (Å²) in [5.41, 5.74) is 6.19. The van der Waals surface area contributed by atoms with Gasteiger partial charge in [0.2, 0.25) is 0 Å². The molecule has 2 rings (SSSR count). The predicted molar refractivity (Wildman–Crippen MR) is 77.4 cm³/mol. The van der Waals surface area contributed by atoms with E-state index in [1.165, 1.54) is 6.07 Å². The summed E-state index contributed by atoms with van der Waals surface area (Å²) in [6, 6.07) is 2.99. The molecule has 20 heavy (non-hydrogen) atoms. The molecule has 0 saturated carbocycles. The number of nitrogens with zero attached hydrogens (tertiary/aromatic N) is 2. The van der Waals surface area contributed by atoms with Crippen LogP contribution in [0.2, 0.25) is 0 Å². The number of nitrogens with two attached hydrogens (primary N) is 1. The van der Waals surface area contributed by atoms with Gasteiger partial charge in [-0.1, -0.05) is 0 Å². The average Bonchev–Trinajstić information content (AvgIpc) is 2.68. The molecule has 1 aromatic carbocycles. The normalized spacial score (nSPS) is 10.9. The molecule has 8 heteroatoms. The molecule has 0 atom stereocenters. The molecule has 0 aliphatic heterocycles. The zero-order valence-corrected chi connectivity index (χ0v) is 12.7. The van der Waals surface area contributed by atoms with Gasteiger partial charge in [0.25, 0.3) is 0 Å². The zero-order chi connectivity index (χ0) is 14.7. The minimum Gasteiger partial charge on any atom is -0.448 e. The number of aromatic nitrogens is 2. The molecule has 0 bridgehead atoms. The summed E-state index contributed by atoms with van der Waals surface area (Å²) in [7, 11) is 0. The van der Waals surface area contributed by atoms with E-state index in [9.17, 15) is 9.18 Å². The fourth-order valence-electron chi connectivity index (χ4n) is 1.93. The average molecular weight is 365 g/mol. The van der Waals surface area contributed by atoms with Gasteiger partial charge in [0.1, 0.15) is 18.2 Å². The molecule has 0 aliphatic rings. The second kappa shape index (κ2) is 6.41. The third kappa shape index (κ3) is 3.21. The first kappa shape index (κ1) is 15.1. The van der Waals surface area contributed by atoms with Crippen LogP contribution >= 0.6 is 27.5 Å². The summed E-state index contributed by atoms with van der Waals surface area (Å²) in [5.74, 6) is 0.719. The first-order chi connectivity index (χ1) is 9.52. The van der Waals surface area contributed by atoms with Crippen LogP contribution in [0, 0.1) is 5.82 Å². The molecule has 1 aromatic heterocycles. The lowest BCUT2D eigenvalue weighted by Gasteiger charge is -2.08. The Bertz CT molecular complexity index is 647. The Hall–Kier alpha value is -1.34. The highest BCUT2D eigenvalue weighted by Gasteiger charge is 2.13. The van der Waals surface area contributed by atoms with Gasteiger partial charge >= 0.3 is 6.09 Å². The minimum atomic E-state index is -0.845. The van der Waals surface area contributed by atoms with E-state index >= 15 is 0 Å². The summed E-state index contributed by atoms with van der Waals surface area (Å²) in [4.78, 5) is 15.0. The summed E-state index contributed by atoms with van der Waals surface area (Å²) < 4.78 is 20.5. The number of ether oxygens (including phenoxy) is 1. The van der Waals surface area contributed by atoms with Crippen LogP contribution in [0.3, 0.4) is 0 Å². The number of primary amides is 1. The number of halogens is 3. The van der Waals surface area contributed by atoms with Gasteiger partial charge in [0.15, 0.2) is 0 Å². The van der Waals surface area contributed by atoms with Gasteiger partial charge in [0.05, 0.1) is 22.1 Å². The van der Waals surface area contributed by atoms with Crippen LogP contribution in [0.5, 0.6) is 0 Å². The molecule has 0 radical (unpaired) electrons. The number of rotatable bonds is 5. The highest BCUT2D eigenvalue weighted by molar-refractivity contribution is 9.10. The molecule has 0 aliphatic carbocycles. The van der Waals surface area contributed by atoms with E-state index in [2.05, 4.69) is 20.9 Å². The highest BCUT2D eigenvalue weighted by Crippen LogP contribution is 2.24. The van der Waals surface area contributed by atoms with Crippen molar-refractivity contribution in [1.82, 2.24) is 9.55 Å². The van der Waals surface area contributed by atoms with Crippen LogP contribution in [0.25, 0.3) is 11.0 Å². The number of aryl methyl sites for hydroxylation is 1. The Kier molecular flexibility index (Phi) is 4.82. The largest absolute Gasteiger partial charge is 0.448 e. The highest BCUT2D eigenvalue weighted by atomic mass is 79.9. The molecule has 0 saturated heterocycles. The predicted octanol–water partition coefficient (Wildman–Crippen LogP) is 2.81. The van der Waals surface area contributed by atoms with Crippen molar-refractivity contribution in [2.45, 2.75) is 13.0 Å². The van der Waals surface area contributed by atoms with E-state index in [4.69, 9.17) is 22.1 Å². The number of fused-ring (bicyclic) bond motifs is 1. The molecule has 0 unspecified atom stereocenters. The van der Waals surface area contributed by atoms with Gasteiger partial charge in [-0.3, -0.25) is 0 Å². The summed E-state index contributed by atoms with van der Waals surface area (Å²) in [6.45, 7) is 0.431. The van der Waals surface area contributed by atoms with Gasteiger partial charge in [0, 0.05) is 18.4 Å². The quantitative estimate of drug-likeness (QED) is 0.829. The zero-order valence-electron chi connectivity index (χ0n) is 10.4. The van der Waals surface area contributed by atoms with Crippen molar-refractivity contribution >= 4 is 44.7 Å². The molecule has 108 valence electrons. The van der Waals surface area contributed by atoms with Gasteiger partial charge < -0.3 is 15.0 Å². The van der Waals surface area contributed by atoms with Crippen molar-refractivity contribution < 1.29 is 13.9 Å². The van der Waals surface area contributed by atoms with Crippen molar-refractivity contribution in [2.75, 3.05) is 12.5 Å². The summed E-state index contributed by atoms with van der Waals surface area (Å²) in [5, 5.41) is 0. The first-order valence-corrected chi connectivity index (χ1v) is 7.18. The van der Waals surface area contributed by atoms with Crippen LogP contribution in [0.4, 0.5) is 9.18 Å². The number of carbonyl (C=O) groups is 1. The van der Waals surface area contributed by atoms with Gasteiger partial charge in [-0.15, -0.1) is 11.6 Å². The Labute approximate surface area is 128 Å². The smallest absolute Gasteiger partial charge is 0.404 e. The molecule has 0 spiro atoms. The lowest BCUT2D eigenvalue weighted by atomic mass is 10.3. The molecule has 2 N–H and O–H groups in total.